The summed E-state index contributed by atoms with van der Waals surface area (Å²) in [5.41, 5.74) is 1.90. The van der Waals surface area contributed by atoms with Gasteiger partial charge in [-0.3, -0.25) is 0 Å². The molecule has 0 heterocycles. The van der Waals surface area contributed by atoms with E-state index in [9.17, 15) is 8.78 Å². The molecule has 0 radical (unpaired) electrons. The van der Waals surface area contributed by atoms with E-state index in [2.05, 4.69) is 5.32 Å². The minimum atomic E-state index is -0.242. The van der Waals surface area contributed by atoms with Crippen LogP contribution in [0.3, 0.4) is 0 Å². The van der Waals surface area contributed by atoms with Gasteiger partial charge in [-0.1, -0.05) is 24.3 Å². The fraction of sp³-hybridized carbons (Fsp3) is 0.250. The Morgan fingerprint density at radius 1 is 0.789 bits per heavy atom. The van der Waals surface area contributed by atoms with Crippen LogP contribution in [0.4, 0.5) is 8.78 Å². The van der Waals surface area contributed by atoms with Crippen molar-refractivity contribution >= 4 is 0 Å². The van der Waals surface area contributed by atoms with E-state index in [0.29, 0.717) is 0 Å². The highest BCUT2D eigenvalue weighted by Crippen LogP contribution is 2.20. The van der Waals surface area contributed by atoms with E-state index >= 15 is 0 Å². The third-order valence-electron chi connectivity index (χ3n) is 3.22. The topological polar surface area (TPSA) is 12.0 Å². The average Bonchev–Trinajstić information content (AvgIpc) is 2.39. The molecule has 0 saturated carbocycles. The Morgan fingerprint density at radius 2 is 1.42 bits per heavy atom. The lowest BCUT2D eigenvalue weighted by Crippen LogP contribution is -2.22. The summed E-state index contributed by atoms with van der Waals surface area (Å²) in [7, 11) is 0. The fourth-order valence-electron chi connectivity index (χ4n) is 2.09. The predicted molar refractivity (Wildman–Crippen MR) is 72.8 cm³/mol. The largest absolute Gasteiger partial charge is 0.304 e. The molecule has 1 unspecified atom stereocenters. The van der Waals surface area contributed by atoms with Gasteiger partial charge in [0.15, 0.2) is 0 Å². The Labute approximate surface area is 112 Å². The van der Waals surface area contributed by atoms with Crippen LogP contribution in [0.2, 0.25) is 0 Å². The predicted octanol–water partition coefficient (Wildman–Crippen LogP) is 4.38. The first-order valence-electron chi connectivity index (χ1n) is 6.33. The van der Waals surface area contributed by atoms with Crippen LogP contribution in [-0.4, -0.2) is 0 Å². The van der Waals surface area contributed by atoms with Crippen LogP contribution in [0.5, 0.6) is 0 Å². The van der Waals surface area contributed by atoms with Gasteiger partial charge in [0.05, 0.1) is 0 Å². The van der Waals surface area contributed by atoms with Crippen LogP contribution in [0, 0.1) is 11.6 Å². The lowest BCUT2D eigenvalue weighted by Gasteiger charge is -2.20. The van der Waals surface area contributed by atoms with Gasteiger partial charge in [0.1, 0.15) is 11.6 Å². The van der Waals surface area contributed by atoms with Gasteiger partial charge in [-0.2, -0.15) is 0 Å². The van der Waals surface area contributed by atoms with Crippen molar-refractivity contribution in [3.05, 3.63) is 71.3 Å². The van der Waals surface area contributed by atoms with Gasteiger partial charge in [-0.05, 0) is 49.2 Å². The molecule has 0 fully saturated rings. The average molecular weight is 261 g/mol. The van der Waals surface area contributed by atoms with Crippen molar-refractivity contribution in [3.8, 4) is 0 Å². The molecule has 2 rings (SSSR count). The Bertz CT molecular complexity index is 537. The monoisotopic (exact) mass is 261 g/mol. The van der Waals surface area contributed by atoms with Crippen molar-refractivity contribution in [2.45, 2.75) is 25.9 Å². The summed E-state index contributed by atoms with van der Waals surface area (Å²) in [6, 6.07) is 13.0. The third kappa shape index (κ3) is 3.61. The summed E-state index contributed by atoms with van der Waals surface area (Å²) < 4.78 is 26.0. The van der Waals surface area contributed by atoms with Crippen molar-refractivity contribution in [2.75, 3.05) is 0 Å². The lowest BCUT2D eigenvalue weighted by atomic mass is 10.0. The molecule has 0 spiro atoms. The Hall–Kier alpha value is -1.74. The van der Waals surface area contributed by atoms with Crippen molar-refractivity contribution in [2.24, 2.45) is 0 Å². The van der Waals surface area contributed by atoms with Crippen LogP contribution < -0.4 is 5.32 Å². The maximum absolute atomic E-state index is 13.2. The van der Waals surface area contributed by atoms with Gasteiger partial charge in [-0.15, -0.1) is 0 Å². The van der Waals surface area contributed by atoms with E-state index in [1.807, 2.05) is 19.9 Å². The van der Waals surface area contributed by atoms with Gasteiger partial charge in [-0.25, -0.2) is 8.78 Å². The Balaban J connectivity index is 2.06. The second-order valence-corrected chi connectivity index (χ2v) is 4.72. The van der Waals surface area contributed by atoms with E-state index in [1.165, 1.54) is 24.3 Å². The second-order valence-electron chi connectivity index (χ2n) is 4.72. The quantitative estimate of drug-likeness (QED) is 0.861. The fourth-order valence-corrected chi connectivity index (χ4v) is 2.09. The molecule has 19 heavy (non-hydrogen) atoms. The zero-order valence-electron chi connectivity index (χ0n) is 11.0. The van der Waals surface area contributed by atoms with Crippen molar-refractivity contribution in [1.82, 2.24) is 5.32 Å². The van der Waals surface area contributed by atoms with E-state index in [4.69, 9.17) is 0 Å². The van der Waals surface area contributed by atoms with E-state index in [1.54, 1.807) is 18.2 Å². The van der Waals surface area contributed by atoms with Crippen LogP contribution in [0.1, 0.15) is 37.1 Å². The number of rotatable bonds is 4. The summed E-state index contributed by atoms with van der Waals surface area (Å²) in [6.07, 6.45) is 0. The van der Waals surface area contributed by atoms with Crippen molar-refractivity contribution in [3.63, 3.8) is 0 Å². The molecule has 0 saturated heterocycles. The van der Waals surface area contributed by atoms with E-state index in [0.717, 1.165) is 11.1 Å². The smallest absolute Gasteiger partial charge is 0.123 e. The summed E-state index contributed by atoms with van der Waals surface area (Å²) in [6.45, 7) is 3.98. The molecule has 3 heteroatoms. The molecule has 100 valence electrons. The van der Waals surface area contributed by atoms with Gasteiger partial charge in [0.2, 0.25) is 0 Å². The number of nitrogens with one attached hydrogen (secondary N) is 1. The molecule has 0 aromatic heterocycles. The highest BCUT2D eigenvalue weighted by atomic mass is 19.1. The third-order valence-corrected chi connectivity index (χ3v) is 3.22. The maximum atomic E-state index is 13.2. The highest BCUT2D eigenvalue weighted by molar-refractivity contribution is 5.22. The summed E-state index contributed by atoms with van der Waals surface area (Å²) >= 11 is 0. The molecule has 0 aliphatic rings. The minimum absolute atomic E-state index is 0.0238. The molecular weight excluding hydrogens is 244 g/mol. The molecule has 0 amide bonds. The molecule has 0 aliphatic heterocycles. The van der Waals surface area contributed by atoms with Crippen molar-refractivity contribution < 1.29 is 8.78 Å². The summed E-state index contributed by atoms with van der Waals surface area (Å²) in [4.78, 5) is 0. The first-order valence-corrected chi connectivity index (χ1v) is 6.33. The summed E-state index contributed by atoms with van der Waals surface area (Å²) in [5, 5.41) is 3.37. The number of hydrogen-bond donors (Lipinski definition) is 1. The molecule has 2 aromatic carbocycles. The normalized spacial score (nSPS) is 14.1. The molecule has 1 nitrogen and oxygen atoms in total. The number of benzene rings is 2. The Kier molecular flexibility index (Phi) is 4.27. The van der Waals surface area contributed by atoms with Gasteiger partial charge >= 0.3 is 0 Å². The molecule has 2 aromatic rings. The molecular formula is C16H17F2N. The maximum Gasteiger partial charge on any atom is 0.123 e. The van der Waals surface area contributed by atoms with Crippen LogP contribution >= 0.6 is 0 Å². The van der Waals surface area contributed by atoms with Crippen LogP contribution in [-0.2, 0) is 0 Å². The number of hydrogen-bond acceptors (Lipinski definition) is 1. The molecule has 1 N–H and O–H groups in total. The highest BCUT2D eigenvalue weighted by Gasteiger charge is 2.11. The SMILES string of the molecule is CC(N[C@H](C)c1ccc(F)cc1)c1cccc(F)c1. The summed E-state index contributed by atoms with van der Waals surface area (Å²) in [5.74, 6) is -0.477. The second kappa shape index (κ2) is 5.93. The van der Waals surface area contributed by atoms with Gasteiger partial charge < -0.3 is 5.32 Å². The van der Waals surface area contributed by atoms with Gasteiger partial charge in [0.25, 0.3) is 0 Å². The zero-order valence-corrected chi connectivity index (χ0v) is 11.0. The van der Waals surface area contributed by atoms with Crippen LogP contribution in [0.25, 0.3) is 0 Å². The van der Waals surface area contributed by atoms with Crippen molar-refractivity contribution in [1.29, 1.82) is 0 Å². The molecule has 0 aliphatic carbocycles. The standard InChI is InChI=1S/C16H17F2N/c1-11(13-6-8-15(17)9-7-13)19-12(2)14-4-3-5-16(18)10-14/h3-12,19H,1-2H3/t11-,12?/m1/s1. The first-order chi connectivity index (χ1) is 9.06. The van der Waals surface area contributed by atoms with E-state index < -0.39 is 0 Å². The first kappa shape index (κ1) is 13.7. The molecule has 0 bridgehead atoms. The van der Waals surface area contributed by atoms with Crippen LogP contribution in [0.15, 0.2) is 48.5 Å². The Morgan fingerprint density at radius 3 is 2.05 bits per heavy atom. The minimum Gasteiger partial charge on any atom is -0.304 e. The molecule has 2 atom stereocenters. The zero-order chi connectivity index (χ0) is 13.8. The number of halogens is 2. The van der Waals surface area contributed by atoms with E-state index in [-0.39, 0.29) is 23.7 Å². The van der Waals surface area contributed by atoms with Gasteiger partial charge in [0, 0.05) is 12.1 Å². The lowest BCUT2D eigenvalue weighted by molar-refractivity contribution is 0.491.